The van der Waals surface area contributed by atoms with Crippen LogP contribution < -0.4 is 0 Å². The first-order valence-corrected chi connectivity index (χ1v) is 8.11. The van der Waals surface area contributed by atoms with E-state index in [-0.39, 0.29) is 58.6 Å². The number of hydrogen-bond donors (Lipinski definition) is 1. The summed E-state index contributed by atoms with van der Waals surface area (Å²) in [5.74, 6) is -1.09. The maximum Gasteiger partial charge on any atom is 0.316 e. The highest BCUT2D eigenvalue weighted by molar-refractivity contribution is 8.93. The standard InChI is InChI=1S/C17H21NO5.BrH/c1-18(21)13-7-11(8-14(18)16-15(13)23-16)22-17(20)12(9-19)10-5-3-2-4-6-10;/h2-6,11-16,19H,7-9H2,1H3;1H/t11?,12?,13?,14?,15-,16+,18?;. The number of piperidine rings is 1. The van der Waals surface area contributed by atoms with Crippen LogP contribution in [0.5, 0.6) is 0 Å². The second-order valence-electron chi connectivity index (χ2n) is 6.94. The molecule has 132 valence electrons. The van der Waals surface area contributed by atoms with Crippen LogP contribution in [0.3, 0.4) is 0 Å². The normalized spacial score (nSPS) is 40.2. The Morgan fingerprint density at radius 2 is 1.92 bits per heavy atom. The Labute approximate surface area is 151 Å². The maximum absolute atomic E-state index is 12.6. The third kappa shape index (κ3) is 2.78. The van der Waals surface area contributed by atoms with Gasteiger partial charge in [-0.15, -0.1) is 17.0 Å². The number of carbonyl (C=O) groups excluding carboxylic acids is 1. The van der Waals surface area contributed by atoms with Crippen molar-refractivity contribution in [1.82, 2.24) is 0 Å². The predicted octanol–water partition coefficient (Wildman–Crippen LogP) is 1.51. The van der Waals surface area contributed by atoms with Gasteiger partial charge < -0.3 is 24.4 Å². The van der Waals surface area contributed by atoms with Gasteiger partial charge in [0, 0.05) is 12.8 Å². The lowest BCUT2D eigenvalue weighted by Gasteiger charge is -2.51. The van der Waals surface area contributed by atoms with Gasteiger partial charge >= 0.3 is 5.97 Å². The van der Waals surface area contributed by atoms with E-state index in [0.717, 1.165) is 5.56 Å². The first-order valence-electron chi connectivity index (χ1n) is 8.11. The summed E-state index contributed by atoms with van der Waals surface area (Å²) < 4.78 is 10.9. The number of aliphatic hydroxyl groups is 1. The second-order valence-corrected chi connectivity index (χ2v) is 6.94. The molecule has 0 aromatic heterocycles. The Hall–Kier alpha value is -0.990. The summed E-state index contributed by atoms with van der Waals surface area (Å²) in [7, 11) is 1.70. The van der Waals surface area contributed by atoms with Gasteiger partial charge in [0.15, 0.2) is 0 Å². The molecule has 0 aliphatic carbocycles. The molecule has 5 unspecified atom stereocenters. The van der Waals surface area contributed by atoms with Crippen molar-refractivity contribution in [1.29, 1.82) is 0 Å². The van der Waals surface area contributed by atoms with Gasteiger partial charge in [0.2, 0.25) is 0 Å². The highest BCUT2D eigenvalue weighted by atomic mass is 79.9. The van der Waals surface area contributed by atoms with Crippen molar-refractivity contribution in [2.45, 2.75) is 49.2 Å². The molecular weight excluding hydrogens is 378 g/mol. The van der Waals surface area contributed by atoms with Gasteiger partial charge in [0.05, 0.1) is 13.7 Å². The summed E-state index contributed by atoms with van der Waals surface area (Å²) >= 11 is 0. The van der Waals surface area contributed by atoms with E-state index in [2.05, 4.69) is 0 Å². The minimum atomic E-state index is -0.672. The molecule has 1 N–H and O–H groups in total. The Morgan fingerprint density at radius 3 is 2.46 bits per heavy atom. The molecular formula is C17H22BrNO5. The molecule has 3 fully saturated rings. The predicted molar refractivity (Wildman–Crippen MR) is 91.5 cm³/mol. The van der Waals surface area contributed by atoms with Crippen molar-refractivity contribution >= 4 is 23.0 Å². The number of nitrogens with zero attached hydrogens (tertiary/aromatic N) is 1. The number of fused-ring (bicyclic) bond motifs is 5. The Kier molecular flexibility index (Phi) is 4.74. The first kappa shape index (κ1) is 17.8. The lowest BCUT2D eigenvalue weighted by Crippen LogP contribution is -2.58. The van der Waals surface area contributed by atoms with Crippen LogP contribution >= 0.6 is 17.0 Å². The van der Waals surface area contributed by atoms with Crippen LogP contribution in [0, 0.1) is 5.21 Å². The van der Waals surface area contributed by atoms with Crippen molar-refractivity contribution in [3.05, 3.63) is 41.1 Å². The number of aliphatic hydroxyl groups excluding tert-OH is 1. The monoisotopic (exact) mass is 399 g/mol. The quantitative estimate of drug-likeness (QED) is 0.359. The minimum absolute atomic E-state index is 0. The fourth-order valence-electron chi connectivity index (χ4n) is 4.25. The van der Waals surface area contributed by atoms with Crippen molar-refractivity contribution in [3.8, 4) is 0 Å². The van der Waals surface area contributed by atoms with Crippen molar-refractivity contribution < 1.29 is 24.0 Å². The molecule has 0 spiro atoms. The van der Waals surface area contributed by atoms with E-state index < -0.39 is 11.9 Å². The summed E-state index contributed by atoms with van der Waals surface area (Å²) in [6, 6.07) is 8.86. The second kappa shape index (κ2) is 6.38. The number of morpholine rings is 1. The van der Waals surface area contributed by atoms with E-state index in [4.69, 9.17) is 9.47 Å². The van der Waals surface area contributed by atoms with E-state index in [9.17, 15) is 15.1 Å². The van der Waals surface area contributed by atoms with E-state index in [1.165, 1.54) is 0 Å². The molecule has 3 aliphatic rings. The SMILES string of the molecule is Br.C[N+]1([O-])C2CC(OC(=O)C(CO)c3ccccc3)CC1[C@@H]1O[C@H]21. The molecule has 7 atom stereocenters. The van der Waals surface area contributed by atoms with Crippen molar-refractivity contribution in [2.24, 2.45) is 0 Å². The molecule has 3 heterocycles. The molecule has 0 amide bonds. The molecule has 3 saturated heterocycles. The number of halogens is 1. The molecule has 1 aromatic rings. The molecule has 4 rings (SSSR count). The highest BCUT2D eigenvalue weighted by Crippen LogP contribution is 2.52. The number of quaternary nitrogens is 1. The minimum Gasteiger partial charge on any atom is -0.632 e. The number of ether oxygens (including phenoxy) is 2. The van der Waals surface area contributed by atoms with Crippen LogP contribution in [-0.4, -0.2) is 59.8 Å². The third-order valence-corrected chi connectivity index (χ3v) is 5.60. The van der Waals surface area contributed by atoms with E-state index in [1.807, 2.05) is 18.2 Å². The summed E-state index contributed by atoms with van der Waals surface area (Å²) in [6.07, 6.45) is 0.891. The molecule has 3 aliphatic heterocycles. The Bertz CT molecular complexity index is 590. The van der Waals surface area contributed by atoms with Gasteiger partial charge in [-0.1, -0.05) is 30.3 Å². The third-order valence-electron chi connectivity index (χ3n) is 5.60. The number of hydrogen-bond acceptors (Lipinski definition) is 5. The molecule has 24 heavy (non-hydrogen) atoms. The lowest BCUT2D eigenvalue weighted by molar-refractivity contribution is -0.911. The number of esters is 1. The Balaban J connectivity index is 0.00000169. The largest absolute Gasteiger partial charge is 0.632 e. The zero-order valence-electron chi connectivity index (χ0n) is 13.4. The fraction of sp³-hybridized carbons (Fsp3) is 0.588. The average Bonchev–Trinajstić information content (AvgIpc) is 3.27. The van der Waals surface area contributed by atoms with Crippen LogP contribution in [0.2, 0.25) is 0 Å². The number of rotatable bonds is 4. The number of hydroxylamine groups is 3. The van der Waals surface area contributed by atoms with Crippen LogP contribution in [0.1, 0.15) is 24.3 Å². The number of epoxide rings is 1. The summed E-state index contributed by atoms with van der Waals surface area (Å²) in [6.45, 7) is -0.286. The number of likely N-dealkylation sites (N-methyl/N-ethyl adjacent to an activating group) is 1. The summed E-state index contributed by atoms with van der Waals surface area (Å²) in [5, 5.41) is 22.2. The average molecular weight is 400 g/mol. The van der Waals surface area contributed by atoms with Crippen LogP contribution in [0.15, 0.2) is 30.3 Å². The van der Waals surface area contributed by atoms with Gasteiger partial charge in [0.1, 0.15) is 36.3 Å². The maximum atomic E-state index is 12.6. The van der Waals surface area contributed by atoms with E-state index in [0.29, 0.717) is 12.8 Å². The lowest BCUT2D eigenvalue weighted by atomic mass is 9.97. The summed E-state index contributed by atoms with van der Waals surface area (Å²) in [4.78, 5) is 12.4. The van der Waals surface area contributed by atoms with Crippen molar-refractivity contribution in [3.63, 3.8) is 0 Å². The van der Waals surface area contributed by atoms with E-state index in [1.54, 1.807) is 19.2 Å². The van der Waals surface area contributed by atoms with Crippen molar-refractivity contribution in [2.75, 3.05) is 13.7 Å². The molecule has 7 heteroatoms. The van der Waals surface area contributed by atoms with Crippen LogP contribution in [-0.2, 0) is 14.3 Å². The molecule has 2 bridgehead atoms. The van der Waals surface area contributed by atoms with Gasteiger partial charge in [-0.2, -0.15) is 0 Å². The topological polar surface area (TPSA) is 82.1 Å². The molecule has 1 aromatic carbocycles. The van der Waals surface area contributed by atoms with Gasteiger partial charge in [-0.05, 0) is 5.56 Å². The van der Waals surface area contributed by atoms with Gasteiger partial charge in [0.25, 0.3) is 0 Å². The number of carbonyl (C=O) groups is 1. The molecule has 0 radical (unpaired) electrons. The molecule has 0 saturated carbocycles. The first-order chi connectivity index (χ1) is 11.0. The van der Waals surface area contributed by atoms with E-state index >= 15 is 0 Å². The summed E-state index contributed by atoms with van der Waals surface area (Å²) in [5.41, 5.74) is 0.745. The zero-order chi connectivity index (χ0) is 16.2. The fourth-order valence-corrected chi connectivity index (χ4v) is 4.25. The zero-order valence-corrected chi connectivity index (χ0v) is 15.1. The Morgan fingerprint density at radius 1 is 1.33 bits per heavy atom. The highest BCUT2D eigenvalue weighted by Gasteiger charge is 2.69. The van der Waals surface area contributed by atoms with Gasteiger partial charge in [-0.3, -0.25) is 4.79 Å². The van der Waals surface area contributed by atoms with Crippen LogP contribution in [0.4, 0.5) is 0 Å². The van der Waals surface area contributed by atoms with Gasteiger partial charge in [-0.25, -0.2) is 0 Å². The van der Waals surface area contributed by atoms with Crippen LogP contribution in [0.25, 0.3) is 0 Å². The smallest absolute Gasteiger partial charge is 0.316 e. The molecule has 6 nitrogen and oxygen atoms in total. The number of benzene rings is 1.